The lowest BCUT2D eigenvalue weighted by Gasteiger charge is -2.35. The van der Waals surface area contributed by atoms with Gasteiger partial charge in [-0.25, -0.2) is 0 Å². The van der Waals surface area contributed by atoms with Crippen LogP contribution in [0, 0.1) is 0 Å². The first-order valence-electron chi connectivity index (χ1n) is 9.69. The standard InChI is InChI=1S/C25H29NO3/c1-18(26(2)3)21-13-9-10-14-22(21)25(27,19-11-7-6-8-12-19)23-17-20(28-4)15-16-24(23)29-5/h6-18,27H,1-5H3/t18-,25?/m1/s1. The van der Waals surface area contributed by atoms with Crippen LogP contribution in [-0.4, -0.2) is 38.3 Å². The van der Waals surface area contributed by atoms with E-state index in [4.69, 9.17) is 9.47 Å². The first-order chi connectivity index (χ1) is 13.9. The molecule has 3 aromatic carbocycles. The van der Waals surface area contributed by atoms with E-state index in [1.807, 2.05) is 80.8 Å². The number of ether oxygens (including phenoxy) is 2. The highest BCUT2D eigenvalue weighted by atomic mass is 16.5. The third kappa shape index (κ3) is 3.86. The minimum Gasteiger partial charge on any atom is -0.497 e. The largest absolute Gasteiger partial charge is 0.497 e. The number of benzene rings is 3. The average Bonchev–Trinajstić information content (AvgIpc) is 2.78. The number of rotatable bonds is 7. The van der Waals surface area contributed by atoms with E-state index >= 15 is 0 Å². The highest BCUT2D eigenvalue weighted by Gasteiger charge is 2.39. The molecule has 0 saturated heterocycles. The molecule has 0 saturated carbocycles. The molecule has 2 atom stereocenters. The van der Waals surface area contributed by atoms with Gasteiger partial charge in [-0.1, -0.05) is 54.6 Å². The second kappa shape index (κ2) is 8.68. The van der Waals surface area contributed by atoms with Crippen molar-refractivity contribution in [2.24, 2.45) is 0 Å². The Labute approximate surface area is 173 Å². The molecule has 4 heteroatoms. The van der Waals surface area contributed by atoms with Crippen molar-refractivity contribution < 1.29 is 14.6 Å². The van der Waals surface area contributed by atoms with E-state index in [-0.39, 0.29) is 6.04 Å². The van der Waals surface area contributed by atoms with Crippen molar-refractivity contribution in [3.8, 4) is 11.5 Å². The Hall–Kier alpha value is -2.82. The quantitative estimate of drug-likeness (QED) is 0.597. The molecule has 0 heterocycles. The zero-order chi connectivity index (χ0) is 21.0. The Morgan fingerprint density at radius 3 is 2.10 bits per heavy atom. The predicted molar refractivity (Wildman–Crippen MR) is 117 cm³/mol. The van der Waals surface area contributed by atoms with Crippen LogP contribution in [-0.2, 0) is 5.60 Å². The average molecular weight is 392 g/mol. The van der Waals surface area contributed by atoms with Crippen LogP contribution in [0.3, 0.4) is 0 Å². The summed E-state index contributed by atoms with van der Waals surface area (Å²) in [5, 5.41) is 12.4. The fourth-order valence-corrected chi connectivity index (χ4v) is 3.70. The first kappa shape index (κ1) is 20.9. The molecule has 0 fully saturated rings. The molecular weight excluding hydrogens is 362 g/mol. The number of methoxy groups -OCH3 is 2. The van der Waals surface area contributed by atoms with Gasteiger partial charge in [0, 0.05) is 11.6 Å². The molecule has 0 aromatic heterocycles. The summed E-state index contributed by atoms with van der Waals surface area (Å²) in [6.45, 7) is 2.13. The van der Waals surface area contributed by atoms with Gasteiger partial charge in [0.05, 0.1) is 14.2 Å². The second-order valence-electron chi connectivity index (χ2n) is 7.37. The third-order valence-corrected chi connectivity index (χ3v) is 5.56. The van der Waals surface area contributed by atoms with Gasteiger partial charge in [0.2, 0.25) is 0 Å². The van der Waals surface area contributed by atoms with Gasteiger partial charge in [-0.15, -0.1) is 0 Å². The molecule has 0 bridgehead atoms. The molecule has 152 valence electrons. The zero-order valence-corrected chi connectivity index (χ0v) is 17.7. The van der Waals surface area contributed by atoms with Crippen LogP contribution in [0.5, 0.6) is 11.5 Å². The number of hydrogen-bond donors (Lipinski definition) is 1. The van der Waals surface area contributed by atoms with Gasteiger partial charge in [-0.3, -0.25) is 0 Å². The molecule has 1 N–H and O–H groups in total. The van der Waals surface area contributed by atoms with Gasteiger partial charge >= 0.3 is 0 Å². The molecule has 0 aliphatic rings. The van der Waals surface area contributed by atoms with Crippen LogP contribution in [0.4, 0.5) is 0 Å². The fraction of sp³-hybridized carbons (Fsp3) is 0.280. The van der Waals surface area contributed by atoms with Gasteiger partial charge in [0.1, 0.15) is 17.1 Å². The van der Waals surface area contributed by atoms with Crippen molar-refractivity contribution in [3.05, 3.63) is 95.1 Å². The Morgan fingerprint density at radius 1 is 0.828 bits per heavy atom. The van der Waals surface area contributed by atoms with Crippen molar-refractivity contribution in [2.45, 2.75) is 18.6 Å². The van der Waals surface area contributed by atoms with Crippen molar-refractivity contribution in [1.29, 1.82) is 0 Å². The molecule has 1 unspecified atom stereocenters. The second-order valence-corrected chi connectivity index (χ2v) is 7.37. The lowest BCUT2D eigenvalue weighted by Crippen LogP contribution is -2.32. The topological polar surface area (TPSA) is 41.9 Å². The minimum absolute atomic E-state index is 0.109. The highest BCUT2D eigenvalue weighted by molar-refractivity contribution is 5.56. The van der Waals surface area contributed by atoms with Gasteiger partial charge in [-0.05, 0) is 55.9 Å². The lowest BCUT2D eigenvalue weighted by atomic mass is 9.76. The molecule has 0 amide bonds. The summed E-state index contributed by atoms with van der Waals surface area (Å²) in [4.78, 5) is 2.13. The Morgan fingerprint density at radius 2 is 1.48 bits per heavy atom. The van der Waals surface area contributed by atoms with Crippen LogP contribution < -0.4 is 9.47 Å². The predicted octanol–water partition coefficient (Wildman–Crippen LogP) is 4.61. The van der Waals surface area contributed by atoms with Gasteiger partial charge in [0.25, 0.3) is 0 Å². The maximum Gasteiger partial charge on any atom is 0.144 e. The van der Waals surface area contributed by atoms with E-state index in [0.717, 1.165) is 16.7 Å². The van der Waals surface area contributed by atoms with E-state index in [9.17, 15) is 5.11 Å². The number of aliphatic hydroxyl groups is 1. The molecule has 4 nitrogen and oxygen atoms in total. The Balaban J connectivity index is 2.38. The third-order valence-electron chi connectivity index (χ3n) is 5.56. The molecule has 0 aliphatic heterocycles. The maximum absolute atomic E-state index is 12.4. The van der Waals surface area contributed by atoms with Crippen molar-refractivity contribution in [3.63, 3.8) is 0 Å². The van der Waals surface area contributed by atoms with Crippen LogP contribution in [0.25, 0.3) is 0 Å². The van der Waals surface area contributed by atoms with Crippen LogP contribution in [0.2, 0.25) is 0 Å². The summed E-state index contributed by atoms with van der Waals surface area (Å²) >= 11 is 0. The van der Waals surface area contributed by atoms with Crippen LogP contribution >= 0.6 is 0 Å². The smallest absolute Gasteiger partial charge is 0.144 e. The molecule has 29 heavy (non-hydrogen) atoms. The van der Waals surface area contributed by atoms with Crippen molar-refractivity contribution in [2.75, 3.05) is 28.3 Å². The number of hydrogen-bond acceptors (Lipinski definition) is 4. The van der Waals surface area contributed by atoms with Crippen LogP contribution in [0.1, 0.15) is 35.2 Å². The summed E-state index contributed by atoms with van der Waals surface area (Å²) in [5.74, 6) is 1.26. The Bertz CT molecular complexity index is 955. The first-order valence-corrected chi connectivity index (χ1v) is 9.69. The molecular formula is C25H29NO3. The maximum atomic E-state index is 12.4. The molecule has 3 rings (SSSR count). The lowest BCUT2D eigenvalue weighted by molar-refractivity contribution is 0.119. The Kier molecular flexibility index (Phi) is 6.26. The van der Waals surface area contributed by atoms with E-state index in [0.29, 0.717) is 17.1 Å². The summed E-state index contributed by atoms with van der Waals surface area (Å²) in [6.07, 6.45) is 0. The highest BCUT2D eigenvalue weighted by Crippen LogP contribution is 2.45. The van der Waals surface area contributed by atoms with Crippen molar-refractivity contribution in [1.82, 2.24) is 4.90 Å². The number of nitrogens with zero attached hydrogens (tertiary/aromatic N) is 1. The van der Waals surface area contributed by atoms with Crippen LogP contribution in [0.15, 0.2) is 72.8 Å². The normalized spacial score (nSPS) is 14.3. The molecule has 0 radical (unpaired) electrons. The van der Waals surface area contributed by atoms with Gasteiger partial charge in [-0.2, -0.15) is 0 Å². The monoisotopic (exact) mass is 391 g/mol. The van der Waals surface area contributed by atoms with E-state index in [2.05, 4.69) is 17.9 Å². The van der Waals surface area contributed by atoms with Gasteiger partial charge in [0.15, 0.2) is 0 Å². The zero-order valence-electron chi connectivity index (χ0n) is 17.7. The minimum atomic E-state index is -1.41. The van der Waals surface area contributed by atoms with E-state index < -0.39 is 5.60 Å². The van der Waals surface area contributed by atoms with Gasteiger partial charge < -0.3 is 19.5 Å². The summed E-state index contributed by atoms with van der Waals surface area (Å²) < 4.78 is 11.1. The summed E-state index contributed by atoms with van der Waals surface area (Å²) in [5.41, 5.74) is 1.86. The molecule has 0 aliphatic carbocycles. The molecule has 0 spiro atoms. The van der Waals surface area contributed by atoms with Crippen molar-refractivity contribution >= 4 is 0 Å². The van der Waals surface area contributed by atoms with E-state index in [1.165, 1.54) is 0 Å². The summed E-state index contributed by atoms with van der Waals surface area (Å²) in [6, 6.07) is 23.4. The SMILES string of the molecule is COc1ccc(OC)c(C(O)(c2ccccc2)c2ccccc2[C@@H](C)N(C)C)c1. The summed E-state index contributed by atoms with van der Waals surface area (Å²) in [7, 11) is 7.31. The fourth-order valence-electron chi connectivity index (χ4n) is 3.70. The molecule has 3 aromatic rings. The van der Waals surface area contributed by atoms with E-state index in [1.54, 1.807) is 14.2 Å².